The summed E-state index contributed by atoms with van der Waals surface area (Å²) in [6.45, 7) is 1.73. The summed E-state index contributed by atoms with van der Waals surface area (Å²) < 4.78 is 1.46. The van der Waals surface area contributed by atoms with E-state index in [2.05, 4.69) is 4.98 Å². The topological polar surface area (TPSA) is 54.9 Å². The van der Waals surface area contributed by atoms with Crippen molar-refractivity contribution in [2.75, 3.05) is 0 Å². The van der Waals surface area contributed by atoms with E-state index >= 15 is 0 Å². The quantitative estimate of drug-likeness (QED) is 0.614. The highest BCUT2D eigenvalue weighted by atomic mass is 35.5. The maximum absolute atomic E-state index is 11.6. The molecular formula is C11H10ClN2O2-. The Balaban J connectivity index is 0.00000128. The fourth-order valence-corrected chi connectivity index (χ4v) is 1.51. The molecule has 0 amide bonds. The van der Waals surface area contributed by atoms with Crippen molar-refractivity contribution in [2.45, 2.75) is 6.92 Å². The van der Waals surface area contributed by atoms with Gasteiger partial charge in [0.15, 0.2) is 0 Å². The second-order valence-corrected chi connectivity index (χ2v) is 3.25. The molecule has 0 aliphatic heterocycles. The standard InChI is InChI=1S/C11H10N2O2.ClH/c1-8-7-10(14)12-11(15)13(8)9-5-3-2-4-6-9;/h2-7H,1H3,(H,12,14,15);1H/p-1. The lowest BCUT2D eigenvalue weighted by Crippen LogP contribution is -3.00. The molecule has 4 nitrogen and oxygen atoms in total. The molecule has 0 bridgehead atoms. The molecule has 0 atom stereocenters. The number of halogens is 1. The Kier molecular flexibility index (Phi) is 3.68. The van der Waals surface area contributed by atoms with Crippen LogP contribution in [0.2, 0.25) is 0 Å². The second-order valence-electron chi connectivity index (χ2n) is 3.25. The lowest BCUT2D eigenvalue weighted by atomic mass is 10.3. The van der Waals surface area contributed by atoms with Crippen LogP contribution in [0.25, 0.3) is 5.69 Å². The third-order valence-corrected chi connectivity index (χ3v) is 2.14. The van der Waals surface area contributed by atoms with Gasteiger partial charge >= 0.3 is 5.69 Å². The van der Waals surface area contributed by atoms with Gasteiger partial charge in [-0.25, -0.2) is 4.79 Å². The molecule has 5 heteroatoms. The van der Waals surface area contributed by atoms with E-state index in [1.807, 2.05) is 30.3 Å². The second kappa shape index (κ2) is 4.81. The van der Waals surface area contributed by atoms with Crippen LogP contribution >= 0.6 is 0 Å². The molecule has 0 saturated carbocycles. The molecule has 16 heavy (non-hydrogen) atoms. The molecule has 1 aromatic carbocycles. The van der Waals surface area contributed by atoms with Crippen LogP contribution in [0.4, 0.5) is 0 Å². The van der Waals surface area contributed by atoms with Crippen molar-refractivity contribution in [3.8, 4) is 5.69 Å². The lowest BCUT2D eigenvalue weighted by molar-refractivity contribution is -0.00000335. The molecule has 2 rings (SSSR count). The maximum Gasteiger partial charge on any atom is 0.333 e. The number of benzene rings is 1. The number of hydrogen-bond acceptors (Lipinski definition) is 2. The highest BCUT2D eigenvalue weighted by Gasteiger charge is 2.03. The minimum atomic E-state index is -0.411. The molecule has 0 fully saturated rings. The van der Waals surface area contributed by atoms with Crippen LogP contribution in [0.15, 0.2) is 46.0 Å². The third-order valence-electron chi connectivity index (χ3n) is 2.14. The van der Waals surface area contributed by atoms with Crippen molar-refractivity contribution in [3.63, 3.8) is 0 Å². The Labute approximate surface area is 98.0 Å². The first-order chi connectivity index (χ1) is 7.18. The number of nitrogens with zero attached hydrogens (tertiary/aromatic N) is 1. The SMILES string of the molecule is Cc1cc(=O)[nH]c(=O)n1-c1ccccc1.[Cl-]. The van der Waals surface area contributed by atoms with E-state index in [0.717, 1.165) is 5.69 Å². The van der Waals surface area contributed by atoms with Crippen molar-refractivity contribution >= 4 is 0 Å². The summed E-state index contributed by atoms with van der Waals surface area (Å²) in [6.07, 6.45) is 0. The van der Waals surface area contributed by atoms with Crippen molar-refractivity contribution in [3.05, 3.63) is 62.9 Å². The Bertz CT molecular complexity index is 587. The van der Waals surface area contributed by atoms with Gasteiger partial charge in [0.05, 0.1) is 5.69 Å². The third kappa shape index (κ3) is 2.23. The molecule has 0 saturated heterocycles. The average Bonchev–Trinajstić information content (AvgIpc) is 2.17. The van der Waals surface area contributed by atoms with Gasteiger partial charge < -0.3 is 12.4 Å². The van der Waals surface area contributed by atoms with E-state index in [9.17, 15) is 9.59 Å². The van der Waals surface area contributed by atoms with Gasteiger partial charge in [0.25, 0.3) is 5.56 Å². The number of aromatic amines is 1. The lowest BCUT2D eigenvalue weighted by Gasteiger charge is -2.07. The van der Waals surface area contributed by atoms with Crippen molar-refractivity contribution in [1.29, 1.82) is 0 Å². The molecule has 0 aliphatic carbocycles. The van der Waals surface area contributed by atoms with Gasteiger partial charge in [0.2, 0.25) is 0 Å². The summed E-state index contributed by atoms with van der Waals surface area (Å²) >= 11 is 0. The molecule has 0 spiro atoms. The summed E-state index contributed by atoms with van der Waals surface area (Å²) in [6, 6.07) is 10.6. The Hall–Kier alpha value is -1.81. The number of rotatable bonds is 1. The van der Waals surface area contributed by atoms with Gasteiger partial charge in [-0.15, -0.1) is 0 Å². The van der Waals surface area contributed by atoms with Gasteiger partial charge in [-0.1, -0.05) is 18.2 Å². The zero-order valence-electron chi connectivity index (χ0n) is 8.61. The molecule has 0 aliphatic rings. The normalized spacial score (nSPS) is 9.56. The molecule has 84 valence electrons. The van der Waals surface area contributed by atoms with Crippen molar-refractivity contribution < 1.29 is 12.4 Å². The predicted molar refractivity (Wildman–Crippen MR) is 57.4 cm³/mol. The molecule has 0 unspecified atom stereocenters. The highest BCUT2D eigenvalue weighted by Crippen LogP contribution is 2.04. The molecule has 0 radical (unpaired) electrons. The Morgan fingerprint density at radius 1 is 1.12 bits per heavy atom. The number of nitrogens with one attached hydrogen (secondary N) is 1. The number of para-hydroxylation sites is 1. The van der Waals surface area contributed by atoms with Crippen molar-refractivity contribution in [2.24, 2.45) is 0 Å². The zero-order chi connectivity index (χ0) is 10.8. The van der Waals surface area contributed by atoms with Gasteiger partial charge in [-0.2, -0.15) is 0 Å². The van der Waals surface area contributed by atoms with Crippen LogP contribution in [-0.2, 0) is 0 Å². The van der Waals surface area contributed by atoms with Gasteiger partial charge in [-0.3, -0.25) is 14.3 Å². The summed E-state index contributed by atoms with van der Waals surface area (Å²) in [7, 11) is 0. The van der Waals surface area contributed by atoms with Crippen LogP contribution in [0.5, 0.6) is 0 Å². The minimum absolute atomic E-state index is 0. The summed E-state index contributed by atoms with van der Waals surface area (Å²) in [5, 5.41) is 0. The number of aryl methyl sites for hydroxylation is 1. The molecular weight excluding hydrogens is 228 g/mol. The average molecular weight is 238 g/mol. The fourth-order valence-electron chi connectivity index (χ4n) is 1.51. The summed E-state index contributed by atoms with van der Waals surface area (Å²) in [5.41, 5.74) is 0.585. The number of H-pyrrole nitrogens is 1. The van der Waals surface area contributed by atoms with Gasteiger partial charge in [0.1, 0.15) is 0 Å². The minimum Gasteiger partial charge on any atom is -1.00 e. The highest BCUT2D eigenvalue weighted by molar-refractivity contribution is 5.32. The van der Waals surface area contributed by atoms with Crippen LogP contribution in [0, 0.1) is 6.92 Å². The molecule has 2 aromatic rings. The fraction of sp³-hybridized carbons (Fsp3) is 0.0909. The van der Waals surface area contributed by atoms with Crippen LogP contribution in [-0.4, -0.2) is 9.55 Å². The first-order valence-electron chi connectivity index (χ1n) is 4.57. The molecule has 1 aromatic heterocycles. The number of hydrogen-bond donors (Lipinski definition) is 1. The largest absolute Gasteiger partial charge is 1.00 e. The van der Waals surface area contributed by atoms with Crippen LogP contribution < -0.4 is 23.7 Å². The van der Waals surface area contributed by atoms with Crippen LogP contribution in [0.3, 0.4) is 0 Å². The summed E-state index contributed by atoms with van der Waals surface area (Å²) in [4.78, 5) is 24.8. The summed E-state index contributed by atoms with van der Waals surface area (Å²) in [5.74, 6) is 0. The van der Waals surface area contributed by atoms with E-state index in [4.69, 9.17) is 0 Å². The maximum atomic E-state index is 11.6. The zero-order valence-corrected chi connectivity index (χ0v) is 9.36. The first-order valence-corrected chi connectivity index (χ1v) is 4.57. The Morgan fingerprint density at radius 3 is 2.31 bits per heavy atom. The van der Waals surface area contributed by atoms with Crippen molar-refractivity contribution in [1.82, 2.24) is 9.55 Å². The van der Waals surface area contributed by atoms with E-state index in [0.29, 0.717) is 5.69 Å². The first kappa shape index (κ1) is 12.3. The van der Waals surface area contributed by atoms with E-state index in [-0.39, 0.29) is 18.0 Å². The van der Waals surface area contributed by atoms with E-state index in [1.54, 1.807) is 6.92 Å². The van der Waals surface area contributed by atoms with Gasteiger partial charge in [0, 0.05) is 11.8 Å². The smallest absolute Gasteiger partial charge is 0.333 e. The molecule has 1 heterocycles. The van der Waals surface area contributed by atoms with Gasteiger partial charge in [-0.05, 0) is 19.1 Å². The van der Waals surface area contributed by atoms with E-state index < -0.39 is 5.69 Å². The molecule has 1 N–H and O–H groups in total. The van der Waals surface area contributed by atoms with Crippen LogP contribution in [0.1, 0.15) is 5.69 Å². The number of aromatic nitrogens is 2. The van der Waals surface area contributed by atoms with E-state index in [1.165, 1.54) is 10.6 Å². The predicted octanol–water partition coefficient (Wildman–Crippen LogP) is -2.16. The Morgan fingerprint density at radius 2 is 1.75 bits per heavy atom. The monoisotopic (exact) mass is 237 g/mol.